The Labute approximate surface area is 106 Å². The summed E-state index contributed by atoms with van der Waals surface area (Å²) in [6.45, 7) is 9.33. The highest BCUT2D eigenvalue weighted by atomic mass is 16.5. The van der Waals surface area contributed by atoms with Crippen molar-refractivity contribution in [3.63, 3.8) is 0 Å². The van der Waals surface area contributed by atoms with Crippen molar-refractivity contribution in [3.05, 3.63) is 0 Å². The number of rotatable bonds is 9. The van der Waals surface area contributed by atoms with Crippen molar-refractivity contribution in [2.24, 2.45) is 0 Å². The van der Waals surface area contributed by atoms with Crippen LogP contribution in [0.25, 0.3) is 0 Å². The molecule has 0 aromatic carbocycles. The summed E-state index contributed by atoms with van der Waals surface area (Å²) < 4.78 is 5.13. The second-order valence-corrected chi connectivity index (χ2v) is 4.52. The van der Waals surface area contributed by atoms with E-state index < -0.39 is 0 Å². The SMILES string of the molecule is CCCN(CCN(C)C)C(CC)C(=O)OCC. The minimum atomic E-state index is -0.0881. The minimum absolute atomic E-state index is 0.0813. The number of likely N-dealkylation sites (N-methyl/N-ethyl adjacent to an activating group) is 1. The van der Waals surface area contributed by atoms with Gasteiger partial charge in [-0.2, -0.15) is 0 Å². The third-order valence-corrected chi connectivity index (χ3v) is 2.73. The van der Waals surface area contributed by atoms with Crippen molar-refractivity contribution >= 4 is 5.97 Å². The van der Waals surface area contributed by atoms with E-state index in [1.54, 1.807) is 0 Å². The van der Waals surface area contributed by atoms with Gasteiger partial charge >= 0.3 is 5.97 Å². The van der Waals surface area contributed by atoms with Crippen LogP contribution in [-0.4, -0.2) is 62.1 Å². The van der Waals surface area contributed by atoms with Gasteiger partial charge in [0.2, 0.25) is 0 Å². The van der Waals surface area contributed by atoms with Gasteiger partial charge in [-0.1, -0.05) is 13.8 Å². The van der Waals surface area contributed by atoms with E-state index in [-0.39, 0.29) is 12.0 Å². The van der Waals surface area contributed by atoms with E-state index in [0.29, 0.717) is 6.61 Å². The Bertz CT molecular complexity index is 208. The molecule has 0 heterocycles. The largest absolute Gasteiger partial charge is 0.465 e. The monoisotopic (exact) mass is 244 g/mol. The number of esters is 1. The van der Waals surface area contributed by atoms with Crippen LogP contribution in [0.1, 0.15) is 33.6 Å². The molecule has 0 aliphatic rings. The Kier molecular flexibility index (Phi) is 9.09. The van der Waals surface area contributed by atoms with Crippen molar-refractivity contribution in [2.75, 3.05) is 40.3 Å². The molecule has 4 nitrogen and oxygen atoms in total. The average molecular weight is 244 g/mol. The number of hydrogen-bond acceptors (Lipinski definition) is 4. The lowest BCUT2D eigenvalue weighted by molar-refractivity contribution is -0.149. The van der Waals surface area contributed by atoms with Crippen molar-refractivity contribution < 1.29 is 9.53 Å². The Balaban J connectivity index is 4.44. The molecule has 1 unspecified atom stereocenters. The number of carbonyl (C=O) groups excluding carboxylic acids is 1. The first kappa shape index (κ1) is 16.4. The van der Waals surface area contributed by atoms with Gasteiger partial charge in [-0.25, -0.2) is 0 Å². The third-order valence-electron chi connectivity index (χ3n) is 2.73. The van der Waals surface area contributed by atoms with Crippen molar-refractivity contribution in [1.82, 2.24) is 9.80 Å². The second-order valence-electron chi connectivity index (χ2n) is 4.52. The highest BCUT2D eigenvalue weighted by Gasteiger charge is 2.24. The molecule has 0 rings (SSSR count). The van der Waals surface area contributed by atoms with E-state index in [9.17, 15) is 4.79 Å². The van der Waals surface area contributed by atoms with Gasteiger partial charge in [0, 0.05) is 13.1 Å². The Morgan fingerprint density at radius 3 is 2.18 bits per heavy atom. The summed E-state index contributed by atoms with van der Waals surface area (Å²) in [5, 5.41) is 0. The lowest BCUT2D eigenvalue weighted by Gasteiger charge is -2.30. The van der Waals surface area contributed by atoms with Crippen molar-refractivity contribution in [1.29, 1.82) is 0 Å². The van der Waals surface area contributed by atoms with Crippen LogP contribution in [0.4, 0.5) is 0 Å². The van der Waals surface area contributed by atoms with Crippen LogP contribution in [0, 0.1) is 0 Å². The zero-order valence-electron chi connectivity index (χ0n) is 12.0. The molecular weight excluding hydrogens is 216 g/mol. The standard InChI is InChI=1S/C13H28N2O2/c1-6-9-15(11-10-14(4)5)12(7-2)13(16)17-8-3/h12H,6-11H2,1-5H3. The van der Waals surface area contributed by atoms with Crippen molar-refractivity contribution in [2.45, 2.75) is 39.7 Å². The molecule has 17 heavy (non-hydrogen) atoms. The summed E-state index contributed by atoms with van der Waals surface area (Å²) in [5.41, 5.74) is 0. The molecule has 0 fully saturated rings. The molecule has 102 valence electrons. The zero-order chi connectivity index (χ0) is 13.3. The molecule has 0 saturated heterocycles. The fraction of sp³-hybridized carbons (Fsp3) is 0.923. The summed E-state index contributed by atoms with van der Waals surface area (Å²) in [6, 6.07) is -0.0881. The van der Waals surface area contributed by atoms with E-state index in [2.05, 4.69) is 30.8 Å². The first-order valence-corrected chi connectivity index (χ1v) is 6.62. The Hall–Kier alpha value is -0.610. The molecule has 1 atom stereocenters. The predicted octanol–water partition coefficient (Wildman–Crippen LogP) is 1.60. The van der Waals surface area contributed by atoms with E-state index in [1.165, 1.54) is 0 Å². The maximum atomic E-state index is 11.9. The molecular formula is C13H28N2O2. The minimum Gasteiger partial charge on any atom is -0.465 e. The fourth-order valence-corrected chi connectivity index (χ4v) is 1.85. The first-order valence-electron chi connectivity index (χ1n) is 6.62. The van der Waals surface area contributed by atoms with Crippen LogP contribution in [0.15, 0.2) is 0 Å². The highest BCUT2D eigenvalue weighted by Crippen LogP contribution is 2.07. The molecule has 0 bridgehead atoms. The van der Waals surface area contributed by atoms with Gasteiger partial charge in [-0.05, 0) is 40.4 Å². The molecule has 0 amide bonds. The van der Waals surface area contributed by atoms with Gasteiger partial charge in [0.15, 0.2) is 0 Å². The van der Waals surface area contributed by atoms with Crippen LogP contribution < -0.4 is 0 Å². The van der Waals surface area contributed by atoms with Gasteiger partial charge in [-0.3, -0.25) is 9.69 Å². The molecule has 0 aliphatic heterocycles. The molecule has 0 spiro atoms. The molecule has 4 heteroatoms. The molecule has 0 saturated carbocycles. The number of ether oxygens (including phenoxy) is 1. The maximum Gasteiger partial charge on any atom is 0.323 e. The lowest BCUT2D eigenvalue weighted by Crippen LogP contribution is -2.45. The topological polar surface area (TPSA) is 32.8 Å². The molecule has 0 aromatic heterocycles. The molecule has 0 aliphatic carbocycles. The van der Waals surface area contributed by atoms with E-state index >= 15 is 0 Å². The lowest BCUT2D eigenvalue weighted by atomic mass is 10.2. The first-order chi connectivity index (χ1) is 8.06. The molecule has 0 N–H and O–H groups in total. The Morgan fingerprint density at radius 1 is 1.12 bits per heavy atom. The number of carbonyl (C=O) groups is 1. The van der Waals surface area contributed by atoms with Crippen LogP contribution in [0.3, 0.4) is 0 Å². The molecule has 0 aromatic rings. The summed E-state index contributed by atoms with van der Waals surface area (Å²) in [6.07, 6.45) is 1.87. The van der Waals surface area contributed by atoms with Gasteiger partial charge < -0.3 is 9.64 Å². The molecule has 0 radical (unpaired) electrons. The maximum absolute atomic E-state index is 11.9. The zero-order valence-corrected chi connectivity index (χ0v) is 12.0. The average Bonchev–Trinajstić information content (AvgIpc) is 2.27. The highest BCUT2D eigenvalue weighted by molar-refractivity contribution is 5.75. The third kappa shape index (κ3) is 6.64. The van der Waals surface area contributed by atoms with E-state index in [4.69, 9.17) is 4.74 Å². The summed E-state index contributed by atoms with van der Waals surface area (Å²) >= 11 is 0. The predicted molar refractivity (Wildman–Crippen MR) is 71.1 cm³/mol. The second kappa shape index (κ2) is 9.42. The van der Waals surface area contributed by atoms with E-state index in [1.807, 2.05) is 13.8 Å². The van der Waals surface area contributed by atoms with Gasteiger partial charge in [0.1, 0.15) is 6.04 Å². The summed E-state index contributed by atoms with van der Waals surface area (Å²) in [5.74, 6) is -0.0813. The van der Waals surface area contributed by atoms with Crippen LogP contribution in [0.2, 0.25) is 0 Å². The summed E-state index contributed by atoms with van der Waals surface area (Å²) in [4.78, 5) is 16.2. The quantitative estimate of drug-likeness (QED) is 0.577. The van der Waals surface area contributed by atoms with Crippen LogP contribution >= 0.6 is 0 Å². The van der Waals surface area contributed by atoms with Gasteiger partial charge in [-0.15, -0.1) is 0 Å². The van der Waals surface area contributed by atoms with E-state index in [0.717, 1.165) is 32.5 Å². The number of nitrogens with zero attached hydrogens (tertiary/aromatic N) is 2. The Morgan fingerprint density at radius 2 is 1.76 bits per heavy atom. The normalized spacial score (nSPS) is 13.1. The van der Waals surface area contributed by atoms with Gasteiger partial charge in [0.25, 0.3) is 0 Å². The summed E-state index contributed by atoms with van der Waals surface area (Å²) in [7, 11) is 4.10. The van der Waals surface area contributed by atoms with Crippen LogP contribution in [-0.2, 0) is 9.53 Å². The van der Waals surface area contributed by atoms with Gasteiger partial charge in [0.05, 0.1) is 6.61 Å². The van der Waals surface area contributed by atoms with Crippen LogP contribution in [0.5, 0.6) is 0 Å². The fourth-order valence-electron chi connectivity index (χ4n) is 1.85. The number of hydrogen-bond donors (Lipinski definition) is 0. The van der Waals surface area contributed by atoms with Crippen molar-refractivity contribution in [3.8, 4) is 0 Å². The smallest absolute Gasteiger partial charge is 0.323 e.